The molecule has 4 aromatic rings. The van der Waals surface area contributed by atoms with Gasteiger partial charge < -0.3 is 9.84 Å². The summed E-state index contributed by atoms with van der Waals surface area (Å²) in [5.41, 5.74) is 2.77. The number of halogens is 4. The van der Waals surface area contributed by atoms with Gasteiger partial charge in [0.2, 0.25) is 5.88 Å². The lowest BCUT2D eigenvalue weighted by Crippen LogP contribution is -2.10. The van der Waals surface area contributed by atoms with Crippen molar-refractivity contribution in [1.29, 1.82) is 5.26 Å². The summed E-state index contributed by atoms with van der Waals surface area (Å²) in [5.74, 6) is -2.07. The van der Waals surface area contributed by atoms with E-state index < -0.39 is 23.5 Å². The molecule has 0 bridgehead atoms. The number of benzene rings is 3. The van der Waals surface area contributed by atoms with Gasteiger partial charge in [0.05, 0.1) is 23.1 Å². The van der Waals surface area contributed by atoms with E-state index in [0.717, 1.165) is 28.3 Å². The number of alkyl halides is 3. The van der Waals surface area contributed by atoms with Crippen molar-refractivity contribution >= 4 is 5.97 Å². The summed E-state index contributed by atoms with van der Waals surface area (Å²) in [6, 6.07) is 18.6. The molecule has 1 fully saturated rings. The van der Waals surface area contributed by atoms with Gasteiger partial charge in [-0.15, -0.1) is 0 Å². The molecule has 200 valence electrons. The summed E-state index contributed by atoms with van der Waals surface area (Å²) in [5, 5.41) is 18.2. The first-order chi connectivity index (χ1) is 19.1. The van der Waals surface area contributed by atoms with E-state index in [9.17, 15) is 27.5 Å². The summed E-state index contributed by atoms with van der Waals surface area (Å²) < 4.78 is 62.1. The fourth-order valence-corrected chi connectivity index (χ4v) is 5.62. The largest absolute Gasteiger partial charge is 0.481 e. The van der Waals surface area contributed by atoms with Gasteiger partial charge in [0, 0.05) is 23.7 Å². The normalized spacial score (nSPS) is 18.9. The molecule has 3 aromatic carbocycles. The molecular weight excluding hydrogens is 524 g/mol. The number of fused-ring (bicyclic) bond motifs is 3. The lowest BCUT2D eigenvalue weighted by atomic mass is 9.94. The van der Waals surface area contributed by atoms with Crippen LogP contribution in [0.5, 0.6) is 5.88 Å². The molecule has 2 aliphatic rings. The van der Waals surface area contributed by atoms with E-state index in [1.165, 1.54) is 0 Å². The standard InChI is InChI=1S/C31H20F4N2O3/c32-26-12-25(31(33,34)35)22(19-7-5-18(6-8-19)17-3-1-16(13-36)2-4-17)10-21(26)15-40-27-11-20-9-23-28(24(20)14-37-27)29(23)30(38)39/h1-8,10-12,14,23,28-29H,9,15H2,(H,38,39)/t23-,28-,29+/m1/s1. The number of nitrogens with zero attached hydrogens (tertiary/aromatic N) is 2. The Morgan fingerprint density at radius 1 is 1.02 bits per heavy atom. The molecule has 1 N–H and O–H groups in total. The van der Waals surface area contributed by atoms with Gasteiger partial charge in [-0.2, -0.15) is 18.4 Å². The fraction of sp³-hybridized carbons (Fsp3) is 0.194. The van der Waals surface area contributed by atoms with Crippen LogP contribution >= 0.6 is 0 Å². The Morgan fingerprint density at radius 3 is 2.30 bits per heavy atom. The van der Waals surface area contributed by atoms with Crippen molar-refractivity contribution in [3.63, 3.8) is 0 Å². The van der Waals surface area contributed by atoms with Crippen molar-refractivity contribution in [2.24, 2.45) is 11.8 Å². The number of pyridine rings is 1. The highest BCUT2D eigenvalue weighted by atomic mass is 19.4. The molecule has 9 heteroatoms. The van der Waals surface area contributed by atoms with Crippen LogP contribution in [-0.4, -0.2) is 16.1 Å². The molecule has 1 saturated carbocycles. The second kappa shape index (κ2) is 9.49. The SMILES string of the molecule is N#Cc1ccc(-c2ccc(-c3cc(COc4cc5c(cn4)[C@H]4[C@@H](C5)[C@@H]4C(=O)O)c(F)cc3C(F)(F)F)cc2)cc1. The summed E-state index contributed by atoms with van der Waals surface area (Å²) in [6.07, 6.45) is -2.62. The smallest absolute Gasteiger partial charge is 0.417 e. The lowest BCUT2D eigenvalue weighted by molar-refractivity contribution is -0.139. The number of nitriles is 1. The lowest BCUT2D eigenvalue weighted by Gasteiger charge is -2.17. The van der Waals surface area contributed by atoms with E-state index in [0.29, 0.717) is 18.1 Å². The molecule has 3 atom stereocenters. The number of hydrogen-bond acceptors (Lipinski definition) is 4. The number of aromatic nitrogens is 1. The third-order valence-electron chi connectivity index (χ3n) is 7.68. The monoisotopic (exact) mass is 544 g/mol. The molecular formula is C31H20F4N2O3. The Balaban J connectivity index is 1.25. The van der Waals surface area contributed by atoms with Crippen molar-refractivity contribution < 1.29 is 32.2 Å². The topological polar surface area (TPSA) is 83.2 Å². The summed E-state index contributed by atoms with van der Waals surface area (Å²) >= 11 is 0. The van der Waals surface area contributed by atoms with Crippen LogP contribution in [0.25, 0.3) is 22.3 Å². The quantitative estimate of drug-likeness (QED) is 0.265. The predicted octanol–water partition coefficient (Wildman–Crippen LogP) is 6.99. The second-order valence-electron chi connectivity index (χ2n) is 10.0. The molecule has 5 nitrogen and oxygen atoms in total. The molecule has 0 amide bonds. The number of carboxylic acids is 1. The van der Waals surface area contributed by atoms with Crippen molar-refractivity contribution in [2.75, 3.05) is 0 Å². The maximum absolute atomic E-state index is 14.8. The van der Waals surface area contributed by atoms with Crippen molar-refractivity contribution in [3.05, 3.63) is 107 Å². The molecule has 1 aromatic heterocycles. The third-order valence-corrected chi connectivity index (χ3v) is 7.68. The average Bonchev–Trinajstić information content (AvgIpc) is 3.54. The minimum Gasteiger partial charge on any atom is -0.481 e. The number of carbonyl (C=O) groups is 1. The van der Waals surface area contributed by atoms with Crippen LogP contribution in [0.1, 0.15) is 33.7 Å². The van der Waals surface area contributed by atoms with E-state index in [4.69, 9.17) is 10.00 Å². The number of aliphatic carboxylic acids is 1. The van der Waals surface area contributed by atoms with Gasteiger partial charge in [0.1, 0.15) is 12.4 Å². The Hall–Kier alpha value is -4.71. The van der Waals surface area contributed by atoms with Gasteiger partial charge in [-0.25, -0.2) is 9.37 Å². The van der Waals surface area contributed by atoms with E-state index >= 15 is 0 Å². The van der Waals surface area contributed by atoms with Crippen LogP contribution in [0.15, 0.2) is 72.9 Å². The van der Waals surface area contributed by atoms with E-state index in [1.807, 2.05) is 6.07 Å². The van der Waals surface area contributed by atoms with Gasteiger partial charge in [0.25, 0.3) is 0 Å². The Labute approximate surface area is 226 Å². The van der Waals surface area contributed by atoms with Crippen LogP contribution in [0, 0.1) is 29.0 Å². The predicted molar refractivity (Wildman–Crippen MR) is 137 cm³/mol. The summed E-state index contributed by atoms with van der Waals surface area (Å²) in [4.78, 5) is 15.5. The fourth-order valence-electron chi connectivity index (χ4n) is 5.62. The molecule has 0 radical (unpaired) electrons. The third kappa shape index (κ3) is 4.56. The number of hydrogen-bond donors (Lipinski definition) is 1. The van der Waals surface area contributed by atoms with Crippen molar-refractivity contribution in [2.45, 2.75) is 25.1 Å². The van der Waals surface area contributed by atoms with Gasteiger partial charge in [-0.1, -0.05) is 36.4 Å². The summed E-state index contributed by atoms with van der Waals surface area (Å²) in [6.45, 7) is -0.337. The first kappa shape index (κ1) is 25.6. The first-order valence-corrected chi connectivity index (χ1v) is 12.5. The molecule has 6 rings (SSSR count). The van der Waals surface area contributed by atoms with Gasteiger partial charge >= 0.3 is 12.1 Å². The second-order valence-corrected chi connectivity index (χ2v) is 10.0. The zero-order valence-electron chi connectivity index (χ0n) is 20.7. The van der Waals surface area contributed by atoms with Crippen molar-refractivity contribution in [3.8, 4) is 34.2 Å². The van der Waals surface area contributed by atoms with Crippen LogP contribution in [0.3, 0.4) is 0 Å². The van der Waals surface area contributed by atoms with E-state index in [-0.39, 0.29) is 46.9 Å². The maximum atomic E-state index is 14.8. The van der Waals surface area contributed by atoms with E-state index in [1.54, 1.807) is 60.8 Å². The zero-order valence-corrected chi connectivity index (χ0v) is 20.7. The minimum atomic E-state index is -4.78. The highest BCUT2D eigenvalue weighted by Crippen LogP contribution is 2.61. The average molecular weight is 545 g/mol. The zero-order chi connectivity index (χ0) is 28.2. The molecule has 0 saturated heterocycles. The first-order valence-electron chi connectivity index (χ1n) is 12.5. The van der Waals surface area contributed by atoms with E-state index in [2.05, 4.69) is 4.98 Å². The molecule has 0 aliphatic heterocycles. The molecule has 1 heterocycles. The molecule has 0 unspecified atom stereocenters. The molecule has 40 heavy (non-hydrogen) atoms. The minimum absolute atomic E-state index is 0.0442. The van der Waals surface area contributed by atoms with Gasteiger partial charge in [0.15, 0.2) is 0 Å². The maximum Gasteiger partial charge on any atom is 0.417 e. The highest BCUT2D eigenvalue weighted by molar-refractivity contribution is 5.78. The van der Waals surface area contributed by atoms with Crippen LogP contribution in [0.4, 0.5) is 17.6 Å². The summed E-state index contributed by atoms with van der Waals surface area (Å²) in [7, 11) is 0. The number of rotatable bonds is 6. The number of carboxylic acid groups (broad SMARTS) is 1. The molecule has 2 aliphatic carbocycles. The Bertz CT molecular complexity index is 1680. The van der Waals surface area contributed by atoms with Crippen LogP contribution < -0.4 is 4.74 Å². The van der Waals surface area contributed by atoms with Gasteiger partial charge in [-0.3, -0.25) is 4.79 Å². The highest BCUT2D eigenvalue weighted by Gasteiger charge is 2.59. The Kier molecular flexibility index (Phi) is 6.06. The van der Waals surface area contributed by atoms with Crippen LogP contribution in [0.2, 0.25) is 0 Å². The number of ether oxygens (including phenoxy) is 1. The van der Waals surface area contributed by atoms with Crippen molar-refractivity contribution in [1.82, 2.24) is 4.98 Å². The molecule has 0 spiro atoms. The van der Waals surface area contributed by atoms with Gasteiger partial charge in [-0.05, 0) is 70.0 Å². The van der Waals surface area contributed by atoms with Crippen LogP contribution in [-0.2, 0) is 24.0 Å². The Morgan fingerprint density at radius 2 is 1.68 bits per heavy atom.